The van der Waals surface area contributed by atoms with Crippen molar-refractivity contribution < 1.29 is 28.9 Å². The summed E-state index contributed by atoms with van der Waals surface area (Å²) in [5, 5.41) is 2.40. The minimum absolute atomic E-state index is 1.06. The lowest BCUT2D eigenvalue weighted by atomic mass is 10.1. The van der Waals surface area contributed by atoms with E-state index in [1.807, 2.05) is 36.4 Å². The van der Waals surface area contributed by atoms with Gasteiger partial charge in [0, 0.05) is 10.8 Å². The molecule has 3 aromatic rings. The molecule has 0 spiro atoms. The lowest BCUT2D eigenvalue weighted by molar-refractivity contribution is -1.92. The second kappa shape index (κ2) is 5.48. The van der Waals surface area contributed by atoms with Gasteiger partial charge in [0.2, 0.25) is 0 Å². The first kappa shape index (κ1) is 13.7. The van der Waals surface area contributed by atoms with Gasteiger partial charge in [-0.2, -0.15) is 14.0 Å². The Bertz CT molecular complexity index is 586. The Hall–Kier alpha value is -1.76. The second-order valence-corrected chi connectivity index (χ2v) is 4.56. The molecule has 0 aliphatic heterocycles. The van der Waals surface area contributed by atoms with Crippen LogP contribution in [0.3, 0.4) is 0 Å². The molecular weight excluding hydrogens is 270 g/mol. The summed E-state index contributed by atoms with van der Waals surface area (Å²) in [6.45, 7) is 0. The van der Waals surface area contributed by atoms with E-state index < -0.39 is 10.2 Å². The van der Waals surface area contributed by atoms with Gasteiger partial charge in [-0.25, -0.2) is 4.98 Å². The van der Waals surface area contributed by atoms with Gasteiger partial charge in [-0.15, -0.1) is 0 Å². The monoisotopic (exact) mass is 279 g/mol. The van der Waals surface area contributed by atoms with Crippen molar-refractivity contribution in [2.24, 2.45) is 0 Å². The molecule has 5 nitrogen and oxygen atoms in total. The molecule has 0 amide bonds. The van der Waals surface area contributed by atoms with Crippen molar-refractivity contribution >= 4 is 21.8 Å². The first-order chi connectivity index (χ1) is 8.93. The first-order valence-corrected chi connectivity index (χ1v) is 6.58. The maximum atomic E-state index is 8.60. The van der Waals surface area contributed by atoms with Crippen LogP contribution in [0, 0.1) is 10.2 Å². The smallest absolute Gasteiger partial charge is 0.0777 e. The number of para-hydroxylation sites is 2. The number of hydrogen-bond donors (Lipinski definition) is 1. The van der Waals surface area contributed by atoms with E-state index >= 15 is 0 Å². The van der Waals surface area contributed by atoms with Crippen molar-refractivity contribution in [3.63, 3.8) is 0 Å². The van der Waals surface area contributed by atoms with Crippen molar-refractivity contribution in [3.8, 4) is 0 Å². The Morgan fingerprint density at radius 1 is 0.789 bits per heavy atom. The van der Waals surface area contributed by atoms with Crippen LogP contribution in [0.25, 0.3) is 21.8 Å². The molecule has 0 unspecified atom stereocenters. The molecule has 3 rings (SSSR count). The van der Waals surface area contributed by atoms with E-state index in [2.05, 4.69) is 23.2 Å². The van der Waals surface area contributed by atoms with Crippen LogP contribution in [-0.2, 0) is 0 Å². The Balaban J connectivity index is 0.000000232. The molecule has 0 aliphatic carbocycles. The van der Waals surface area contributed by atoms with Gasteiger partial charge in [-0.1, -0.05) is 36.4 Å². The molecule has 98 valence electrons. The van der Waals surface area contributed by atoms with Crippen LogP contribution in [0.2, 0.25) is 0 Å². The molecule has 0 bridgehead atoms. The highest BCUT2D eigenvalue weighted by Gasteiger charge is 1.99. The largest absolute Gasteiger partial charge is 0.248 e. The Morgan fingerprint density at radius 3 is 1.58 bits per heavy atom. The van der Waals surface area contributed by atoms with Crippen LogP contribution in [0.5, 0.6) is 0 Å². The van der Waals surface area contributed by atoms with E-state index in [1.165, 1.54) is 10.8 Å². The average molecular weight is 280 g/mol. The molecule has 19 heavy (non-hydrogen) atoms. The number of rotatable bonds is 0. The summed E-state index contributed by atoms with van der Waals surface area (Å²) in [6, 6.07) is 18.6. The number of benzene rings is 2. The van der Waals surface area contributed by atoms with E-state index in [0.29, 0.717) is 0 Å². The molecule has 0 saturated carbocycles. The molecule has 0 aliphatic rings. The Kier molecular flexibility index (Phi) is 3.94. The third kappa shape index (κ3) is 4.13. The molecular formula is C13H10ClNO4. The number of hydrogen-bond acceptors (Lipinski definition) is 5. The van der Waals surface area contributed by atoms with E-state index in [9.17, 15) is 0 Å². The molecule has 2 aromatic carbocycles. The van der Waals surface area contributed by atoms with Crippen molar-refractivity contribution in [2.45, 2.75) is 0 Å². The van der Waals surface area contributed by atoms with E-state index in [4.69, 9.17) is 18.6 Å². The van der Waals surface area contributed by atoms with Crippen LogP contribution < -0.4 is 14.0 Å². The Labute approximate surface area is 111 Å². The van der Waals surface area contributed by atoms with Gasteiger partial charge in [-0.3, -0.25) is 0 Å². The summed E-state index contributed by atoms with van der Waals surface area (Å²) in [7, 11) is -4.69. The van der Waals surface area contributed by atoms with Crippen LogP contribution in [-0.4, -0.2) is 9.64 Å². The summed E-state index contributed by atoms with van der Waals surface area (Å²) in [5.41, 5.74) is 2.12. The van der Waals surface area contributed by atoms with Gasteiger partial charge < -0.3 is 0 Å². The highest BCUT2D eigenvalue weighted by atomic mass is 35.7. The molecule has 0 saturated heterocycles. The van der Waals surface area contributed by atoms with Gasteiger partial charge in [0.25, 0.3) is 0 Å². The lowest BCUT2D eigenvalue weighted by Crippen LogP contribution is -2.58. The standard InChI is InChI=1S/C13H9N.ClHO4/c1-3-7-12-10(5-1)9-11-6-2-4-8-13(11)14-12;2-1(3,4)5/h1-9H;(H,2,3,4,5). The third-order valence-corrected chi connectivity index (χ3v) is 2.43. The topological polar surface area (TPSA) is 102 Å². The van der Waals surface area contributed by atoms with E-state index in [-0.39, 0.29) is 0 Å². The fourth-order valence-corrected chi connectivity index (χ4v) is 1.72. The number of pyridine rings is 1. The molecule has 0 fully saturated rings. The minimum atomic E-state index is -4.69. The van der Waals surface area contributed by atoms with Crippen molar-refractivity contribution in [3.05, 3.63) is 54.6 Å². The van der Waals surface area contributed by atoms with Crippen LogP contribution in [0.1, 0.15) is 0 Å². The zero-order valence-electron chi connectivity index (χ0n) is 9.69. The van der Waals surface area contributed by atoms with Crippen molar-refractivity contribution in [2.75, 3.05) is 0 Å². The van der Waals surface area contributed by atoms with E-state index in [0.717, 1.165) is 11.0 Å². The molecule has 0 atom stereocenters. The quantitative estimate of drug-likeness (QED) is 0.546. The van der Waals surface area contributed by atoms with Crippen LogP contribution in [0.4, 0.5) is 0 Å². The van der Waals surface area contributed by atoms with Gasteiger partial charge in [0.1, 0.15) is 0 Å². The van der Waals surface area contributed by atoms with Crippen molar-refractivity contribution in [1.82, 2.24) is 4.98 Å². The number of nitrogens with zero attached hydrogens (tertiary/aromatic N) is 1. The lowest BCUT2D eigenvalue weighted by Gasteiger charge is -2.03. The second-order valence-electron chi connectivity index (χ2n) is 3.77. The first-order valence-electron chi connectivity index (χ1n) is 5.31. The number of halogens is 1. The maximum Gasteiger partial charge on any atom is 0.0777 e. The minimum Gasteiger partial charge on any atom is -0.248 e. The zero-order chi connectivity index (χ0) is 13.9. The van der Waals surface area contributed by atoms with Gasteiger partial charge in [0.15, 0.2) is 0 Å². The normalized spacial score (nSPS) is 11.2. The van der Waals surface area contributed by atoms with Crippen molar-refractivity contribution in [1.29, 1.82) is 0 Å². The molecule has 1 N–H and O–H groups in total. The van der Waals surface area contributed by atoms with Crippen LogP contribution >= 0.6 is 0 Å². The average Bonchev–Trinajstić information content (AvgIpc) is 2.34. The molecule has 1 heterocycles. The molecule has 0 radical (unpaired) electrons. The summed E-state index contributed by atoms with van der Waals surface area (Å²) in [6.07, 6.45) is 0. The fourth-order valence-electron chi connectivity index (χ4n) is 1.72. The van der Waals surface area contributed by atoms with E-state index in [1.54, 1.807) is 0 Å². The van der Waals surface area contributed by atoms with Gasteiger partial charge in [-0.05, 0) is 18.2 Å². The maximum absolute atomic E-state index is 8.60. The number of fused-ring (bicyclic) bond motifs is 2. The highest BCUT2D eigenvalue weighted by molar-refractivity contribution is 5.92. The summed E-state index contributed by atoms with van der Waals surface area (Å²) in [4.78, 5) is 4.58. The summed E-state index contributed by atoms with van der Waals surface area (Å²) >= 11 is 0. The third-order valence-electron chi connectivity index (χ3n) is 2.43. The predicted octanol–water partition coefficient (Wildman–Crippen LogP) is -0.736. The predicted molar refractivity (Wildman–Crippen MR) is 61.5 cm³/mol. The summed E-state index contributed by atoms with van der Waals surface area (Å²) < 4.78 is 32.7. The fraction of sp³-hybridized carbons (Fsp3) is 0. The van der Waals surface area contributed by atoms with Gasteiger partial charge >= 0.3 is 0 Å². The zero-order valence-corrected chi connectivity index (χ0v) is 10.4. The van der Waals surface area contributed by atoms with Crippen LogP contribution in [0.15, 0.2) is 54.6 Å². The summed E-state index contributed by atoms with van der Waals surface area (Å²) in [5.74, 6) is 0. The Morgan fingerprint density at radius 2 is 1.16 bits per heavy atom. The SMILES string of the molecule is [O-][Cl+3]([O-])([O-])O.c1ccc2nc3ccccc3cc2c1. The molecule has 6 heteroatoms. The highest BCUT2D eigenvalue weighted by Crippen LogP contribution is 2.18. The number of aromatic nitrogens is 1. The van der Waals surface area contributed by atoms with Gasteiger partial charge in [0.05, 0.1) is 25.9 Å². The molecule has 1 aromatic heterocycles.